The molecule has 0 radical (unpaired) electrons. The number of benzene rings is 2. The SMILES string of the molecule is S=C1N[C@H](c2ccccn2)[C@H](c2ccc(-c3ccc(Cl)cc3)o2)N1c1ccc(Cl)cc1. The van der Waals surface area contributed by atoms with Gasteiger partial charge in [0, 0.05) is 27.5 Å². The molecule has 5 rings (SSSR count). The highest BCUT2D eigenvalue weighted by Crippen LogP contribution is 2.43. The quantitative estimate of drug-likeness (QED) is 0.334. The van der Waals surface area contributed by atoms with Gasteiger partial charge in [0.25, 0.3) is 0 Å². The highest BCUT2D eigenvalue weighted by molar-refractivity contribution is 7.80. The molecule has 1 N–H and O–H groups in total. The normalized spacial score (nSPS) is 18.3. The van der Waals surface area contributed by atoms with E-state index in [-0.39, 0.29) is 12.1 Å². The Bertz CT molecular complexity index is 1210. The van der Waals surface area contributed by atoms with Gasteiger partial charge in [0.1, 0.15) is 17.6 Å². The number of halogens is 2. The van der Waals surface area contributed by atoms with Crippen molar-refractivity contribution < 1.29 is 4.42 Å². The van der Waals surface area contributed by atoms with Crippen LogP contribution in [0.4, 0.5) is 5.69 Å². The van der Waals surface area contributed by atoms with Crippen LogP contribution in [-0.4, -0.2) is 10.1 Å². The van der Waals surface area contributed by atoms with Crippen LogP contribution in [0.25, 0.3) is 11.3 Å². The van der Waals surface area contributed by atoms with E-state index in [1.165, 1.54) is 0 Å². The smallest absolute Gasteiger partial charge is 0.174 e. The number of furan rings is 1. The molecule has 154 valence electrons. The second-order valence-corrected chi connectivity index (χ2v) is 8.44. The maximum atomic E-state index is 6.33. The second kappa shape index (κ2) is 8.35. The van der Waals surface area contributed by atoms with Crippen molar-refractivity contribution in [1.82, 2.24) is 10.3 Å². The Labute approximate surface area is 195 Å². The molecule has 4 aromatic rings. The fourth-order valence-corrected chi connectivity index (χ4v) is 4.40. The lowest BCUT2D eigenvalue weighted by Gasteiger charge is -2.26. The fraction of sp³-hybridized carbons (Fsp3) is 0.0833. The average Bonchev–Trinajstić information content (AvgIpc) is 3.40. The Balaban J connectivity index is 1.59. The number of hydrogen-bond acceptors (Lipinski definition) is 3. The minimum atomic E-state index is -0.218. The first-order chi connectivity index (χ1) is 15.1. The van der Waals surface area contributed by atoms with Crippen molar-refractivity contribution in [3.05, 3.63) is 107 Å². The first kappa shape index (κ1) is 20.1. The lowest BCUT2D eigenvalue weighted by Crippen LogP contribution is -2.29. The molecule has 1 saturated heterocycles. The highest BCUT2D eigenvalue weighted by Gasteiger charge is 2.42. The first-order valence-corrected chi connectivity index (χ1v) is 10.9. The molecule has 1 fully saturated rings. The van der Waals surface area contributed by atoms with Crippen molar-refractivity contribution in [1.29, 1.82) is 0 Å². The molecule has 2 atom stereocenters. The van der Waals surface area contributed by atoms with Crippen molar-refractivity contribution in [2.24, 2.45) is 0 Å². The molecule has 4 nitrogen and oxygen atoms in total. The number of rotatable bonds is 4. The second-order valence-electron chi connectivity index (χ2n) is 7.18. The third kappa shape index (κ3) is 3.92. The zero-order valence-corrected chi connectivity index (χ0v) is 18.5. The van der Waals surface area contributed by atoms with Gasteiger partial charge in [-0.15, -0.1) is 0 Å². The van der Waals surface area contributed by atoms with Gasteiger partial charge < -0.3 is 14.6 Å². The Morgan fingerprint density at radius 2 is 1.58 bits per heavy atom. The molecule has 2 aromatic carbocycles. The van der Waals surface area contributed by atoms with Crippen LogP contribution in [0.2, 0.25) is 10.0 Å². The van der Waals surface area contributed by atoms with E-state index in [0.717, 1.165) is 28.5 Å². The molecule has 0 amide bonds. The third-order valence-corrected chi connectivity index (χ3v) is 6.07. The minimum absolute atomic E-state index is 0.173. The maximum absolute atomic E-state index is 6.33. The van der Waals surface area contributed by atoms with Crippen molar-refractivity contribution in [3.63, 3.8) is 0 Å². The number of thiocarbonyl (C=S) groups is 1. The van der Waals surface area contributed by atoms with E-state index in [0.29, 0.717) is 15.2 Å². The van der Waals surface area contributed by atoms with Crippen molar-refractivity contribution in [3.8, 4) is 11.3 Å². The van der Waals surface area contributed by atoms with E-state index in [2.05, 4.69) is 15.2 Å². The summed E-state index contributed by atoms with van der Waals surface area (Å²) in [6.07, 6.45) is 1.78. The first-order valence-electron chi connectivity index (χ1n) is 9.72. The zero-order chi connectivity index (χ0) is 21.4. The molecular formula is C24H17Cl2N3OS. The Kier molecular flexibility index (Phi) is 5.40. The predicted molar refractivity (Wildman–Crippen MR) is 129 cm³/mol. The van der Waals surface area contributed by atoms with Gasteiger partial charge in [-0.05, 0) is 85.0 Å². The number of hydrogen-bond donors (Lipinski definition) is 1. The summed E-state index contributed by atoms with van der Waals surface area (Å²) in [5.74, 6) is 1.54. The zero-order valence-electron chi connectivity index (χ0n) is 16.2. The van der Waals surface area contributed by atoms with Crippen LogP contribution in [-0.2, 0) is 0 Å². The average molecular weight is 466 g/mol. The van der Waals surface area contributed by atoms with Gasteiger partial charge in [0.05, 0.1) is 11.7 Å². The molecule has 0 bridgehead atoms. The van der Waals surface area contributed by atoms with Gasteiger partial charge in [0.2, 0.25) is 0 Å². The number of pyridine rings is 1. The highest BCUT2D eigenvalue weighted by atomic mass is 35.5. The molecule has 0 aliphatic carbocycles. The fourth-order valence-electron chi connectivity index (χ4n) is 3.80. The van der Waals surface area contributed by atoms with E-state index in [1.807, 2.05) is 78.9 Å². The molecule has 31 heavy (non-hydrogen) atoms. The largest absolute Gasteiger partial charge is 0.459 e. The summed E-state index contributed by atoms with van der Waals surface area (Å²) in [4.78, 5) is 6.61. The minimum Gasteiger partial charge on any atom is -0.459 e. The summed E-state index contributed by atoms with van der Waals surface area (Å²) < 4.78 is 6.33. The molecule has 3 heterocycles. The van der Waals surface area contributed by atoms with E-state index < -0.39 is 0 Å². The summed E-state index contributed by atoms with van der Waals surface area (Å²) in [6.45, 7) is 0. The summed E-state index contributed by atoms with van der Waals surface area (Å²) in [5, 5.41) is 5.38. The molecule has 0 saturated carbocycles. The standard InChI is InChI=1S/C24H17Cl2N3OS/c25-16-6-4-15(5-7-16)20-12-13-21(30-20)23-22(19-3-1-2-14-27-19)28-24(31)29(23)18-10-8-17(26)9-11-18/h1-14,22-23H,(H,28,31)/t22-,23+/m1/s1. The molecular weight excluding hydrogens is 449 g/mol. The summed E-state index contributed by atoms with van der Waals surface area (Å²) in [5.41, 5.74) is 2.77. The predicted octanol–water partition coefficient (Wildman–Crippen LogP) is 6.83. The van der Waals surface area contributed by atoms with Gasteiger partial charge in [-0.1, -0.05) is 29.3 Å². The van der Waals surface area contributed by atoms with Crippen LogP contribution in [0.3, 0.4) is 0 Å². The number of aromatic nitrogens is 1. The maximum Gasteiger partial charge on any atom is 0.174 e. The van der Waals surface area contributed by atoms with Gasteiger partial charge in [-0.3, -0.25) is 4.98 Å². The summed E-state index contributed by atoms with van der Waals surface area (Å²) in [6, 6.07) is 24.6. The molecule has 2 aromatic heterocycles. The number of anilines is 1. The van der Waals surface area contributed by atoms with Crippen molar-refractivity contribution in [2.45, 2.75) is 12.1 Å². The Hall–Kier alpha value is -2.86. The van der Waals surface area contributed by atoms with Gasteiger partial charge in [-0.2, -0.15) is 0 Å². The van der Waals surface area contributed by atoms with Gasteiger partial charge in [0.15, 0.2) is 5.11 Å². The lowest BCUT2D eigenvalue weighted by atomic mass is 10.0. The molecule has 1 aliphatic heterocycles. The molecule has 0 unspecified atom stereocenters. The van der Waals surface area contributed by atoms with E-state index in [1.54, 1.807) is 6.20 Å². The van der Waals surface area contributed by atoms with Crippen molar-refractivity contribution in [2.75, 3.05) is 4.90 Å². The topological polar surface area (TPSA) is 41.3 Å². The monoisotopic (exact) mass is 465 g/mol. The Morgan fingerprint density at radius 1 is 0.871 bits per heavy atom. The van der Waals surface area contributed by atoms with Gasteiger partial charge >= 0.3 is 0 Å². The van der Waals surface area contributed by atoms with Crippen molar-refractivity contribution >= 4 is 46.2 Å². The molecule has 7 heteroatoms. The Morgan fingerprint density at radius 3 is 2.26 bits per heavy atom. The summed E-state index contributed by atoms with van der Waals surface area (Å²) >= 11 is 17.9. The van der Waals surface area contributed by atoms with Crippen LogP contribution < -0.4 is 10.2 Å². The molecule has 1 aliphatic rings. The lowest BCUT2D eigenvalue weighted by molar-refractivity contribution is 0.439. The molecule has 0 spiro atoms. The van der Waals surface area contributed by atoms with Crippen LogP contribution in [0, 0.1) is 0 Å². The van der Waals surface area contributed by atoms with E-state index >= 15 is 0 Å². The van der Waals surface area contributed by atoms with Crippen LogP contribution in [0.15, 0.2) is 89.5 Å². The van der Waals surface area contributed by atoms with Crippen LogP contribution >= 0.6 is 35.4 Å². The summed E-state index contributed by atoms with van der Waals surface area (Å²) in [7, 11) is 0. The van der Waals surface area contributed by atoms with Crippen LogP contribution in [0.5, 0.6) is 0 Å². The number of nitrogens with zero attached hydrogens (tertiary/aromatic N) is 2. The van der Waals surface area contributed by atoms with Crippen LogP contribution in [0.1, 0.15) is 23.5 Å². The number of nitrogens with one attached hydrogen (secondary N) is 1. The van der Waals surface area contributed by atoms with E-state index in [9.17, 15) is 0 Å². The third-order valence-electron chi connectivity index (χ3n) is 5.25. The van der Waals surface area contributed by atoms with E-state index in [4.69, 9.17) is 39.8 Å². The van der Waals surface area contributed by atoms with Gasteiger partial charge in [-0.25, -0.2) is 0 Å².